The van der Waals surface area contributed by atoms with Gasteiger partial charge in [-0.3, -0.25) is 0 Å². The Hall–Kier alpha value is -2.49. The van der Waals surface area contributed by atoms with E-state index in [0.717, 1.165) is 0 Å². The summed E-state index contributed by atoms with van der Waals surface area (Å²) in [5, 5.41) is 9.68. The summed E-state index contributed by atoms with van der Waals surface area (Å²) in [7, 11) is 1.32. The predicted molar refractivity (Wildman–Crippen MR) is 74.7 cm³/mol. The minimum Gasteiger partial charge on any atom is -0.508 e. The average Bonchev–Trinajstić information content (AvgIpc) is 2.49. The van der Waals surface area contributed by atoms with Gasteiger partial charge in [-0.2, -0.15) is 0 Å². The fourth-order valence-corrected chi connectivity index (χ4v) is 1.84. The Labute approximate surface area is 117 Å². The number of phenols is 1. The van der Waals surface area contributed by atoms with Crippen LogP contribution in [-0.2, 0) is 9.53 Å². The van der Waals surface area contributed by atoms with Crippen LogP contribution in [0.25, 0.3) is 0 Å². The van der Waals surface area contributed by atoms with Gasteiger partial charge in [0.2, 0.25) is 6.10 Å². The summed E-state index contributed by atoms with van der Waals surface area (Å²) < 4.78 is 10.5. The van der Waals surface area contributed by atoms with Crippen LogP contribution in [0.4, 0.5) is 0 Å². The molecule has 4 nitrogen and oxygen atoms in total. The molecule has 0 saturated heterocycles. The number of methoxy groups -OCH3 is 1. The highest BCUT2D eigenvalue weighted by Crippen LogP contribution is 2.30. The summed E-state index contributed by atoms with van der Waals surface area (Å²) in [6, 6.07) is 14.0. The SMILES string of the molecule is COC(=O)C(Oc1cccc(O)c1C)c1ccccc1. The number of esters is 1. The topological polar surface area (TPSA) is 55.8 Å². The molecule has 104 valence electrons. The van der Waals surface area contributed by atoms with Crippen LogP contribution in [0.15, 0.2) is 48.5 Å². The second-order valence-electron chi connectivity index (χ2n) is 4.33. The van der Waals surface area contributed by atoms with Crippen molar-refractivity contribution in [2.45, 2.75) is 13.0 Å². The van der Waals surface area contributed by atoms with Gasteiger partial charge in [0.05, 0.1) is 7.11 Å². The lowest BCUT2D eigenvalue weighted by Crippen LogP contribution is -2.20. The van der Waals surface area contributed by atoms with Crippen LogP contribution in [0, 0.1) is 6.92 Å². The molecule has 0 aromatic heterocycles. The van der Waals surface area contributed by atoms with E-state index in [-0.39, 0.29) is 5.75 Å². The van der Waals surface area contributed by atoms with Gasteiger partial charge in [0.25, 0.3) is 0 Å². The molecule has 1 N–H and O–H groups in total. The maximum atomic E-state index is 11.9. The molecule has 20 heavy (non-hydrogen) atoms. The van der Waals surface area contributed by atoms with Crippen LogP contribution in [0.2, 0.25) is 0 Å². The fourth-order valence-electron chi connectivity index (χ4n) is 1.84. The fraction of sp³-hybridized carbons (Fsp3) is 0.188. The molecule has 2 aromatic carbocycles. The number of phenolic OH excluding ortho intramolecular Hbond substituents is 1. The highest BCUT2D eigenvalue weighted by Gasteiger charge is 2.24. The summed E-state index contributed by atoms with van der Waals surface area (Å²) in [6.45, 7) is 1.73. The van der Waals surface area contributed by atoms with E-state index >= 15 is 0 Å². The molecule has 0 spiro atoms. The van der Waals surface area contributed by atoms with Crippen molar-refractivity contribution in [3.8, 4) is 11.5 Å². The second-order valence-corrected chi connectivity index (χ2v) is 4.33. The third kappa shape index (κ3) is 2.91. The molecule has 0 radical (unpaired) electrons. The number of carbonyl (C=O) groups excluding carboxylic acids is 1. The summed E-state index contributed by atoms with van der Waals surface area (Å²) in [4.78, 5) is 11.9. The van der Waals surface area contributed by atoms with Crippen LogP contribution < -0.4 is 4.74 Å². The quantitative estimate of drug-likeness (QED) is 0.869. The molecule has 2 rings (SSSR count). The molecular formula is C16H16O4. The van der Waals surface area contributed by atoms with Crippen LogP contribution in [0.3, 0.4) is 0 Å². The van der Waals surface area contributed by atoms with E-state index in [0.29, 0.717) is 16.9 Å². The van der Waals surface area contributed by atoms with Gasteiger partial charge < -0.3 is 14.6 Å². The van der Waals surface area contributed by atoms with Gasteiger partial charge in [-0.15, -0.1) is 0 Å². The maximum Gasteiger partial charge on any atom is 0.351 e. The normalized spacial score (nSPS) is 11.7. The Kier molecular flexibility index (Phi) is 4.25. The van der Waals surface area contributed by atoms with Crippen molar-refractivity contribution in [2.24, 2.45) is 0 Å². The zero-order chi connectivity index (χ0) is 14.5. The van der Waals surface area contributed by atoms with Crippen molar-refractivity contribution in [1.29, 1.82) is 0 Å². The van der Waals surface area contributed by atoms with Crippen molar-refractivity contribution in [3.05, 3.63) is 59.7 Å². The zero-order valence-electron chi connectivity index (χ0n) is 11.4. The van der Waals surface area contributed by atoms with Crippen LogP contribution in [-0.4, -0.2) is 18.2 Å². The van der Waals surface area contributed by atoms with Gasteiger partial charge in [0, 0.05) is 11.1 Å². The number of ether oxygens (including phenoxy) is 2. The van der Waals surface area contributed by atoms with Gasteiger partial charge in [-0.25, -0.2) is 4.79 Å². The number of aromatic hydroxyl groups is 1. The van der Waals surface area contributed by atoms with Crippen molar-refractivity contribution in [1.82, 2.24) is 0 Å². The Morgan fingerprint density at radius 2 is 1.80 bits per heavy atom. The second kappa shape index (κ2) is 6.10. The van der Waals surface area contributed by atoms with Crippen molar-refractivity contribution < 1.29 is 19.4 Å². The minimum atomic E-state index is -0.860. The first-order valence-electron chi connectivity index (χ1n) is 6.21. The Morgan fingerprint density at radius 3 is 2.45 bits per heavy atom. The number of benzene rings is 2. The Morgan fingerprint density at radius 1 is 1.10 bits per heavy atom. The monoisotopic (exact) mass is 272 g/mol. The predicted octanol–water partition coefficient (Wildman–Crippen LogP) is 2.99. The standard InChI is InChI=1S/C16H16O4/c1-11-13(17)9-6-10-14(11)20-15(16(18)19-2)12-7-4-3-5-8-12/h3-10,15,17H,1-2H3. The minimum absolute atomic E-state index is 0.124. The largest absolute Gasteiger partial charge is 0.508 e. The third-order valence-corrected chi connectivity index (χ3v) is 3.02. The lowest BCUT2D eigenvalue weighted by molar-refractivity contribution is -0.149. The highest BCUT2D eigenvalue weighted by atomic mass is 16.6. The van der Waals surface area contributed by atoms with Gasteiger partial charge in [0.15, 0.2) is 0 Å². The molecule has 1 atom stereocenters. The summed E-state index contributed by atoms with van der Waals surface area (Å²) in [5.74, 6) is 0.0855. The lowest BCUT2D eigenvalue weighted by atomic mass is 10.1. The van der Waals surface area contributed by atoms with Crippen LogP contribution >= 0.6 is 0 Å². The zero-order valence-corrected chi connectivity index (χ0v) is 11.4. The molecule has 0 aliphatic rings. The van der Waals surface area contributed by atoms with Gasteiger partial charge in [-0.05, 0) is 19.1 Å². The van der Waals surface area contributed by atoms with E-state index in [9.17, 15) is 9.90 Å². The average molecular weight is 272 g/mol. The molecule has 0 amide bonds. The van der Waals surface area contributed by atoms with Crippen molar-refractivity contribution in [3.63, 3.8) is 0 Å². The maximum absolute atomic E-state index is 11.9. The molecule has 2 aromatic rings. The number of rotatable bonds is 4. The van der Waals surface area contributed by atoms with Crippen molar-refractivity contribution >= 4 is 5.97 Å². The molecule has 0 fully saturated rings. The smallest absolute Gasteiger partial charge is 0.351 e. The molecule has 1 unspecified atom stereocenters. The molecule has 0 bridgehead atoms. The molecule has 4 heteroatoms. The molecule has 0 heterocycles. The van der Waals surface area contributed by atoms with Crippen LogP contribution in [0.1, 0.15) is 17.2 Å². The number of hydrogen-bond donors (Lipinski definition) is 1. The lowest BCUT2D eigenvalue weighted by Gasteiger charge is -2.18. The Balaban J connectivity index is 2.34. The third-order valence-electron chi connectivity index (χ3n) is 3.02. The van der Waals surface area contributed by atoms with E-state index in [1.54, 1.807) is 37.3 Å². The van der Waals surface area contributed by atoms with E-state index in [2.05, 4.69) is 0 Å². The summed E-state index contributed by atoms with van der Waals surface area (Å²) >= 11 is 0. The molecular weight excluding hydrogens is 256 g/mol. The molecule has 0 aliphatic carbocycles. The van der Waals surface area contributed by atoms with Crippen molar-refractivity contribution in [2.75, 3.05) is 7.11 Å². The summed E-state index contributed by atoms with van der Waals surface area (Å²) in [6.07, 6.45) is -0.860. The van der Waals surface area contributed by atoms with Gasteiger partial charge >= 0.3 is 5.97 Å². The molecule has 0 aliphatic heterocycles. The first-order valence-corrected chi connectivity index (χ1v) is 6.21. The first kappa shape index (κ1) is 13.9. The number of carbonyl (C=O) groups is 1. The van der Waals surface area contributed by atoms with E-state index in [4.69, 9.17) is 9.47 Å². The Bertz CT molecular complexity index is 593. The first-order chi connectivity index (χ1) is 9.63. The molecule has 0 saturated carbocycles. The number of hydrogen-bond acceptors (Lipinski definition) is 4. The highest BCUT2D eigenvalue weighted by molar-refractivity contribution is 5.77. The van der Waals surface area contributed by atoms with E-state index < -0.39 is 12.1 Å². The van der Waals surface area contributed by atoms with Gasteiger partial charge in [0.1, 0.15) is 11.5 Å². The van der Waals surface area contributed by atoms with E-state index in [1.165, 1.54) is 7.11 Å². The van der Waals surface area contributed by atoms with Crippen LogP contribution in [0.5, 0.6) is 11.5 Å². The summed E-state index contributed by atoms with van der Waals surface area (Å²) in [5.41, 5.74) is 1.28. The van der Waals surface area contributed by atoms with E-state index in [1.807, 2.05) is 18.2 Å². The van der Waals surface area contributed by atoms with Gasteiger partial charge in [-0.1, -0.05) is 36.4 Å².